The second-order valence-corrected chi connectivity index (χ2v) is 7.23. The van der Waals surface area contributed by atoms with E-state index in [1.807, 2.05) is 31.2 Å². The van der Waals surface area contributed by atoms with Crippen LogP contribution in [0.1, 0.15) is 25.3 Å². The first-order valence-corrected chi connectivity index (χ1v) is 9.29. The normalized spacial score (nSPS) is 17.1. The van der Waals surface area contributed by atoms with Gasteiger partial charge in [-0.05, 0) is 37.1 Å². The molecular weight excluding hydrogens is 316 g/mol. The predicted molar refractivity (Wildman–Crippen MR) is 89.9 cm³/mol. The average molecular weight is 340 g/mol. The van der Waals surface area contributed by atoms with E-state index < -0.39 is 10.2 Å². The number of nitrogens with two attached hydrogens (primary N) is 1. The zero-order valence-electron chi connectivity index (χ0n) is 13.3. The fraction of sp³-hybridized carbons (Fsp3) is 0.533. The first-order valence-electron chi connectivity index (χ1n) is 7.78. The van der Waals surface area contributed by atoms with Crippen LogP contribution in [0, 0.1) is 5.92 Å². The lowest BCUT2D eigenvalue weighted by Gasteiger charge is -2.29. The molecular formula is C15H24N4O3S. The Labute approximate surface area is 137 Å². The van der Waals surface area contributed by atoms with Gasteiger partial charge in [0.2, 0.25) is 5.91 Å². The Morgan fingerprint density at radius 2 is 2.04 bits per heavy atom. The molecule has 1 heterocycles. The molecule has 0 spiro atoms. The van der Waals surface area contributed by atoms with Crippen molar-refractivity contribution in [1.82, 2.24) is 9.62 Å². The molecule has 4 N–H and O–H groups in total. The van der Waals surface area contributed by atoms with Crippen LogP contribution in [0.5, 0.6) is 0 Å². The van der Waals surface area contributed by atoms with Crippen molar-refractivity contribution in [3.63, 3.8) is 0 Å². The number of hydrogen-bond donors (Lipinski definition) is 3. The van der Waals surface area contributed by atoms with Crippen molar-refractivity contribution >= 4 is 21.8 Å². The minimum Gasteiger partial charge on any atom is -0.326 e. The minimum atomic E-state index is -3.65. The van der Waals surface area contributed by atoms with E-state index in [-0.39, 0.29) is 24.9 Å². The Morgan fingerprint density at radius 1 is 1.35 bits per heavy atom. The van der Waals surface area contributed by atoms with Crippen molar-refractivity contribution in [2.75, 3.05) is 25.0 Å². The van der Waals surface area contributed by atoms with Crippen LogP contribution in [0.3, 0.4) is 0 Å². The molecule has 0 radical (unpaired) electrons. The fourth-order valence-electron chi connectivity index (χ4n) is 2.65. The third kappa shape index (κ3) is 5.28. The maximum Gasteiger partial charge on any atom is 0.276 e. The van der Waals surface area contributed by atoms with Crippen molar-refractivity contribution in [3.05, 3.63) is 29.8 Å². The van der Waals surface area contributed by atoms with Crippen molar-refractivity contribution in [1.29, 1.82) is 0 Å². The topological polar surface area (TPSA) is 105 Å². The molecule has 1 aliphatic rings. The lowest BCUT2D eigenvalue weighted by Crippen LogP contribution is -2.44. The quantitative estimate of drug-likeness (QED) is 0.707. The molecule has 1 aromatic rings. The summed E-state index contributed by atoms with van der Waals surface area (Å²) in [6.45, 7) is 4.26. The van der Waals surface area contributed by atoms with E-state index in [0.717, 1.165) is 24.3 Å². The zero-order chi connectivity index (χ0) is 16.9. The van der Waals surface area contributed by atoms with Gasteiger partial charge in [-0.1, -0.05) is 19.1 Å². The van der Waals surface area contributed by atoms with Gasteiger partial charge in [-0.25, -0.2) is 5.14 Å². The van der Waals surface area contributed by atoms with E-state index in [0.29, 0.717) is 12.8 Å². The standard InChI is InChI=1S/C15H24N4O3S/c1-2-17-11-12-4-3-5-14(10-12)18-15(20)13-6-8-19(9-7-13)23(16,21)22/h3-5,10,13,17H,2,6-9,11H2,1H3,(H,18,20)(H2,16,21,22). The van der Waals surface area contributed by atoms with E-state index in [2.05, 4.69) is 10.6 Å². The summed E-state index contributed by atoms with van der Waals surface area (Å²) in [5.41, 5.74) is 1.87. The number of anilines is 1. The van der Waals surface area contributed by atoms with Gasteiger partial charge in [-0.2, -0.15) is 12.7 Å². The molecule has 1 aliphatic heterocycles. The molecule has 1 saturated heterocycles. The highest BCUT2D eigenvalue weighted by Gasteiger charge is 2.29. The van der Waals surface area contributed by atoms with Crippen LogP contribution in [0.15, 0.2) is 24.3 Å². The summed E-state index contributed by atoms with van der Waals surface area (Å²) in [6.07, 6.45) is 0.971. The number of nitrogens with one attached hydrogen (secondary N) is 2. The Kier molecular flexibility index (Phi) is 6.11. The van der Waals surface area contributed by atoms with Crippen LogP contribution in [-0.4, -0.2) is 38.3 Å². The third-order valence-corrected chi connectivity index (χ3v) is 5.04. The second kappa shape index (κ2) is 7.87. The largest absolute Gasteiger partial charge is 0.326 e. The highest BCUT2D eigenvalue weighted by atomic mass is 32.2. The molecule has 7 nitrogen and oxygen atoms in total. The van der Waals surface area contributed by atoms with Crippen LogP contribution < -0.4 is 15.8 Å². The van der Waals surface area contributed by atoms with Crippen molar-refractivity contribution in [2.45, 2.75) is 26.3 Å². The van der Waals surface area contributed by atoms with Crippen molar-refractivity contribution in [3.8, 4) is 0 Å². The van der Waals surface area contributed by atoms with Gasteiger partial charge in [-0.3, -0.25) is 4.79 Å². The summed E-state index contributed by atoms with van der Waals surface area (Å²) < 4.78 is 23.8. The number of rotatable bonds is 6. The van der Waals surface area contributed by atoms with Gasteiger partial charge in [0.1, 0.15) is 0 Å². The van der Waals surface area contributed by atoms with E-state index in [4.69, 9.17) is 5.14 Å². The number of nitrogens with zero attached hydrogens (tertiary/aromatic N) is 1. The Morgan fingerprint density at radius 3 is 2.65 bits per heavy atom. The first kappa shape index (κ1) is 17.9. The number of hydrogen-bond acceptors (Lipinski definition) is 4. The average Bonchev–Trinajstić information content (AvgIpc) is 2.52. The van der Waals surface area contributed by atoms with Crippen LogP contribution in [0.25, 0.3) is 0 Å². The molecule has 0 unspecified atom stereocenters. The predicted octanol–water partition coefficient (Wildman–Crippen LogP) is 0.650. The summed E-state index contributed by atoms with van der Waals surface area (Å²) >= 11 is 0. The third-order valence-electron chi connectivity index (χ3n) is 3.96. The van der Waals surface area contributed by atoms with E-state index >= 15 is 0 Å². The number of carbonyl (C=O) groups excluding carboxylic acids is 1. The summed E-state index contributed by atoms with van der Waals surface area (Å²) in [6, 6.07) is 7.71. The maximum atomic E-state index is 12.3. The van der Waals surface area contributed by atoms with Gasteiger partial charge in [0.15, 0.2) is 0 Å². The molecule has 1 fully saturated rings. The number of benzene rings is 1. The summed E-state index contributed by atoms with van der Waals surface area (Å²) in [5, 5.41) is 11.3. The summed E-state index contributed by atoms with van der Waals surface area (Å²) in [4.78, 5) is 12.3. The van der Waals surface area contributed by atoms with E-state index in [1.165, 1.54) is 4.31 Å². The van der Waals surface area contributed by atoms with Gasteiger partial charge in [0.05, 0.1) is 0 Å². The van der Waals surface area contributed by atoms with Crippen molar-refractivity contribution < 1.29 is 13.2 Å². The Bertz CT molecular complexity index is 640. The lowest BCUT2D eigenvalue weighted by molar-refractivity contribution is -0.120. The maximum absolute atomic E-state index is 12.3. The Hall–Kier alpha value is -1.48. The SMILES string of the molecule is CCNCc1cccc(NC(=O)C2CCN(S(N)(=O)=O)CC2)c1. The molecule has 1 aromatic carbocycles. The number of piperidine rings is 1. The fourth-order valence-corrected chi connectivity index (χ4v) is 3.36. The van der Waals surface area contributed by atoms with Gasteiger partial charge in [0.25, 0.3) is 10.2 Å². The minimum absolute atomic E-state index is 0.0697. The van der Waals surface area contributed by atoms with Crippen LogP contribution in [0.2, 0.25) is 0 Å². The second-order valence-electron chi connectivity index (χ2n) is 5.69. The van der Waals surface area contributed by atoms with Crippen LogP contribution >= 0.6 is 0 Å². The van der Waals surface area contributed by atoms with E-state index in [9.17, 15) is 13.2 Å². The molecule has 0 aromatic heterocycles. The first-order chi connectivity index (χ1) is 10.9. The molecule has 0 saturated carbocycles. The molecule has 23 heavy (non-hydrogen) atoms. The highest BCUT2D eigenvalue weighted by molar-refractivity contribution is 7.86. The Balaban J connectivity index is 1.90. The molecule has 128 valence electrons. The van der Waals surface area contributed by atoms with E-state index in [1.54, 1.807) is 0 Å². The summed E-state index contributed by atoms with van der Waals surface area (Å²) in [5.74, 6) is -0.259. The van der Waals surface area contributed by atoms with Crippen LogP contribution in [0.4, 0.5) is 5.69 Å². The van der Waals surface area contributed by atoms with Crippen LogP contribution in [-0.2, 0) is 21.5 Å². The molecule has 0 bridgehead atoms. The monoisotopic (exact) mass is 340 g/mol. The highest BCUT2D eigenvalue weighted by Crippen LogP contribution is 2.21. The van der Waals surface area contributed by atoms with Gasteiger partial charge < -0.3 is 10.6 Å². The molecule has 0 aliphatic carbocycles. The van der Waals surface area contributed by atoms with Gasteiger partial charge >= 0.3 is 0 Å². The lowest BCUT2D eigenvalue weighted by atomic mass is 9.97. The number of carbonyl (C=O) groups is 1. The molecule has 0 atom stereocenters. The van der Waals surface area contributed by atoms with Crippen molar-refractivity contribution in [2.24, 2.45) is 11.1 Å². The van der Waals surface area contributed by atoms with Gasteiger partial charge in [0, 0.05) is 31.2 Å². The number of amides is 1. The summed E-state index contributed by atoms with van der Waals surface area (Å²) in [7, 11) is -3.65. The molecule has 1 amide bonds. The zero-order valence-corrected chi connectivity index (χ0v) is 14.1. The molecule has 2 rings (SSSR count). The molecule has 8 heteroatoms. The van der Waals surface area contributed by atoms with Gasteiger partial charge in [-0.15, -0.1) is 0 Å². The smallest absolute Gasteiger partial charge is 0.276 e.